The monoisotopic (exact) mass is 498 g/mol. The van der Waals surface area contributed by atoms with E-state index in [-0.39, 0.29) is 23.3 Å². The van der Waals surface area contributed by atoms with Crippen LogP contribution in [0, 0.1) is 12.7 Å². The summed E-state index contributed by atoms with van der Waals surface area (Å²) in [5.74, 6) is -0.452. The molecule has 0 aliphatic carbocycles. The van der Waals surface area contributed by atoms with Gasteiger partial charge in [-0.05, 0) is 35.7 Å². The van der Waals surface area contributed by atoms with E-state index in [1.165, 1.54) is 17.8 Å². The van der Waals surface area contributed by atoms with E-state index in [2.05, 4.69) is 5.32 Å². The molecule has 0 heterocycles. The molecule has 0 bridgehead atoms. The summed E-state index contributed by atoms with van der Waals surface area (Å²) in [5, 5.41) is 3.05. The zero-order chi connectivity index (χ0) is 24.5. The highest BCUT2D eigenvalue weighted by Crippen LogP contribution is 2.25. The summed E-state index contributed by atoms with van der Waals surface area (Å²) in [7, 11) is 1.58. The molecule has 1 atom stereocenters. The van der Waals surface area contributed by atoms with Crippen LogP contribution in [0.15, 0.2) is 72.8 Å². The van der Waals surface area contributed by atoms with E-state index in [0.717, 1.165) is 16.7 Å². The van der Waals surface area contributed by atoms with Crippen molar-refractivity contribution in [3.63, 3.8) is 0 Å². The Labute approximate surface area is 209 Å². The molecule has 2 amide bonds. The van der Waals surface area contributed by atoms with Crippen LogP contribution in [0.5, 0.6) is 0 Å². The number of amides is 2. The van der Waals surface area contributed by atoms with Gasteiger partial charge in [0, 0.05) is 36.4 Å². The third kappa shape index (κ3) is 6.84. The lowest BCUT2D eigenvalue weighted by atomic mass is 10.0. The van der Waals surface area contributed by atoms with Crippen LogP contribution < -0.4 is 5.32 Å². The summed E-state index contributed by atoms with van der Waals surface area (Å²) in [6, 6.07) is 21.3. The summed E-state index contributed by atoms with van der Waals surface area (Å²) in [4.78, 5) is 28.0. The number of nitrogens with zero attached hydrogens (tertiary/aromatic N) is 1. The van der Waals surface area contributed by atoms with Crippen molar-refractivity contribution in [2.45, 2.75) is 31.7 Å². The minimum atomic E-state index is -0.683. The fourth-order valence-electron chi connectivity index (χ4n) is 3.69. The van der Waals surface area contributed by atoms with Gasteiger partial charge in [-0.15, -0.1) is 11.8 Å². The minimum absolute atomic E-state index is 0.0961. The Hall–Kier alpha value is -2.83. The molecule has 7 heteroatoms. The standard InChI is InChI=1S/C27H28ClFN2O2S/c1-19-9-6-7-12-21(19)16-31(25(27(33)30-2)15-20-10-4-3-5-11-20)26(32)18-34-17-22-23(28)13-8-14-24(22)29/h3-14,25H,15-18H2,1-2H3,(H,30,33)/t25-/m1/s1. The zero-order valence-electron chi connectivity index (χ0n) is 19.3. The minimum Gasteiger partial charge on any atom is -0.357 e. The fourth-order valence-corrected chi connectivity index (χ4v) is 4.93. The van der Waals surface area contributed by atoms with Gasteiger partial charge < -0.3 is 10.2 Å². The van der Waals surface area contributed by atoms with Gasteiger partial charge in [0.05, 0.1) is 5.75 Å². The highest BCUT2D eigenvalue weighted by atomic mass is 35.5. The van der Waals surface area contributed by atoms with Crippen molar-refractivity contribution in [1.82, 2.24) is 10.2 Å². The summed E-state index contributed by atoms with van der Waals surface area (Å²) < 4.78 is 14.1. The number of nitrogens with one attached hydrogen (secondary N) is 1. The zero-order valence-corrected chi connectivity index (χ0v) is 20.8. The lowest BCUT2D eigenvalue weighted by Gasteiger charge is -2.31. The maximum Gasteiger partial charge on any atom is 0.242 e. The molecule has 1 N–H and O–H groups in total. The van der Waals surface area contributed by atoms with Gasteiger partial charge in [0.25, 0.3) is 0 Å². The molecule has 4 nitrogen and oxygen atoms in total. The van der Waals surface area contributed by atoms with Gasteiger partial charge in [-0.25, -0.2) is 4.39 Å². The molecule has 3 aromatic rings. The van der Waals surface area contributed by atoms with Crippen molar-refractivity contribution >= 4 is 35.2 Å². The van der Waals surface area contributed by atoms with Gasteiger partial charge in [0.15, 0.2) is 0 Å². The lowest BCUT2D eigenvalue weighted by Crippen LogP contribution is -2.50. The first-order chi connectivity index (χ1) is 16.4. The first kappa shape index (κ1) is 25.8. The highest BCUT2D eigenvalue weighted by Gasteiger charge is 2.30. The third-order valence-electron chi connectivity index (χ3n) is 5.65. The average Bonchev–Trinajstić information content (AvgIpc) is 2.84. The van der Waals surface area contributed by atoms with E-state index >= 15 is 0 Å². The van der Waals surface area contributed by atoms with Gasteiger partial charge in [-0.3, -0.25) is 9.59 Å². The van der Waals surface area contributed by atoms with E-state index in [0.29, 0.717) is 23.6 Å². The number of thioether (sulfide) groups is 1. The predicted octanol–water partition coefficient (Wildman–Crippen LogP) is 5.41. The number of carbonyl (C=O) groups is 2. The number of aryl methyl sites for hydroxylation is 1. The summed E-state index contributed by atoms with van der Waals surface area (Å²) in [6.45, 7) is 2.29. The van der Waals surface area contributed by atoms with Crippen molar-refractivity contribution in [1.29, 1.82) is 0 Å². The van der Waals surface area contributed by atoms with Crippen molar-refractivity contribution in [3.8, 4) is 0 Å². The number of hydrogen-bond acceptors (Lipinski definition) is 3. The Kier molecular flexibility index (Phi) is 9.54. The molecule has 0 aliphatic heterocycles. The number of carbonyl (C=O) groups excluding carboxylic acids is 2. The molecule has 0 unspecified atom stereocenters. The number of rotatable bonds is 10. The molecule has 0 saturated heterocycles. The van der Waals surface area contributed by atoms with Crippen LogP contribution in [0.3, 0.4) is 0 Å². The Morgan fingerprint density at radius 2 is 1.74 bits per heavy atom. The number of likely N-dealkylation sites (N-methyl/N-ethyl adjacent to an activating group) is 1. The van der Waals surface area contributed by atoms with E-state index in [1.54, 1.807) is 24.1 Å². The summed E-state index contributed by atoms with van der Waals surface area (Å²) in [5.41, 5.74) is 3.35. The molecular weight excluding hydrogens is 471 g/mol. The number of halogens is 2. The van der Waals surface area contributed by atoms with Crippen molar-refractivity contribution in [2.24, 2.45) is 0 Å². The molecule has 0 radical (unpaired) electrons. The van der Waals surface area contributed by atoms with Crippen LogP contribution in [-0.2, 0) is 28.3 Å². The topological polar surface area (TPSA) is 49.4 Å². The van der Waals surface area contributed by atoms with E-state index in [4.69, 9.17) is 11.6 Å². The second-order valence-corrected chi connectivity index (χ2v) is 9.35. The maximum absolute atomic E-state index is 14.1. The molecule has 3 aromatic carbocycles. The SMILES string of the molecule is CNC(=O)[C@@H](Cc1ccccc1)N(Cc1ccccc1C)C(=O)CSCc1c(F)cccc1Cl. The molecule has 34 heavy (non-hydrogen) atoms. The first-order valence-electron chi connectivity index (χ1n) is 11.0. The summed E-state index contributed by atoms with van der Waals surface area (Å²) in [6.07, 6.45) is 0.391. The van der Waals surface area contributed by atoms with E-state index in [1.807, 2.05) is 61.5 Å². The summed E-state index contributed by atoms with van der Waals surface area (Å²) >= 11 is 7.41. The van der Waals surface area contributed by atoms with Gasteiger partial charge in [-0.2, -0.15) is 0 Å². The van der Waals surface area contributed by atoms with Gasteiger partial charge in [0.1, 0.15) is 11.9 Å². The molecule has 0 aromatic heterocycles. The van der Waals surface area contributed by atoms with E-state index < -0.39 is 11.9 Å². The Bertz CT molecular complexity index is 1110. The predicted molar refractivity (Wildman–Crippen MR) is 137 cm³/mol. The van der Waals surface area contributed by atoms with Crippen molar-refractivity contribution < 1.29 is 14.0 Å². The molecular formula is C27H28ClFN2O2S. The maximum atomic E-state index is 14.1. The third-order valence-corrected chi connectivity index (χ3v) is 6.95. The lowest BCUT2D eigenvalue weighted by molar-refractivity contribution is -0.139. The Morgan fingerprint density at radius 1 is 1.03 bits per heavy atom. The number of benzene rings is 3. The van der Waals surface area contributed by atoms with Crippen LogP contribution in [0.1, 0.15) is 22.3 Å². The smallest absolute Gasteiger partial charge is 0.242 e. The number of hydrogen-bond donors (Lipinski definition) is 1. The molecule has 0 fully saturated rings. The largest absolute Gasteiger partial charge is 0.357 e. The van der Waals surface area contributed by atoms with Crippen molar-refractivity contribution in [3.05, 3.63) is 106 Å². The van der Waals surface area contributed by atoms with Gasteiger partial charge >= 0.3 is 0 Å². The Balaban J connectivity index is 1.84. The Morgan fingerprint density at radius 3 is 2.41 bits per heavy atom. The van der Waals surface area contributed by atoms with Gasteiger partial charge in [-0.1, -0.05) is 72.3 Å². The average molecular weight is 499 g/mol. The second kappa shape index (κ2) is 12.6. The van der Waals surface area contributed by atoms with Crippen LogP contribution in [0.4, 0.5) is 4.39 Å². The highest BCUT2D eigenvalue weighted by molar-refractivity contribution is 7.99. The molecule has 178 valence electrons. The van der Waals surface area contributed by atoms with Crippen LogP contribution in [0.25, 0.3) is 0 Å². The molecule has 3 rings (SSSR count). The van der Waals surface area contributed by atoms with Crippen LogP contribution in [0.2, 0.25) is 5.02 Å². The normalized spacial score (nSPS) is 11.6. The molecule has 0 saturated carbocycles. The molecule has 0 aliphatic rings. The quantitative estimate of drug-likeness (QED) is 0.407. The van der Waals surface area contributed by atoms with Crippen molar-refractivity contribution in [2.75, 3.05) is 12.8 Å². The van der Waals surface area contributed by atoms with Gasteiger partial charge in [0.2, 0.25) is 11.8 Å². The molecule has 0 spiro atoms. The van der Waals surface area contributed by atoms with Crippen LogP contribution in [-0.4, -0.2) is 35.6 Å². The first-order valence-corrected chi connectivity index (χ1v) is 12.5. The fraction of sp³-hybridized carbons (Fsp3) is 0.259. The van der Waals surface area contributed by atoms with Crippen LogP contribution >= 0.6 is 23.4 Å². The van der Waals surface area contributed by atoms with E-state index in [9.17, 15) is 14.0 Å². The second-order valence-electron chi connectivity index (χ2n) is 7.96.